The van der Waals surface area contributed by atoms with Crippen molar-refractivity contribution in [1.82, 2.24) is 9.55 Å². The second-order valence-corrected chi connectivity index (χ2v) is 4.92. The summed E-state index contributed by atoms with van der Waals surface area (Å²) in [7, 11) is 0. The fourth-order valence-corrected chi connectivity index (χ4v) is 2.70. The van der Waals surface area contributed by atoms with Crippen molar-refractivity contribution in [2.45, 2.75) is 13.3 Å². The summed E-state index contributed by atoms with van der Waals surface area (Å²) in [5.41, 5.74) is 2.54. The molecule has 0 aliphatic carbocycles. The third kappa shape index (κ3) is 1.94. The fourth-order valence-electron chi connectivity index (χ4n) is 2.40. The molecule has 0 aliphatic heterocycles. The molecule has 0 saturated heterocycles. The second-order valence-electron chi connectivity index (χ2n) is 4.53. The van der Waals surface area contributed by atoms with Gasteiger partial charge in [-0.1, -0.05) is 25.1 Å². The average molecular weight is 290 g/mol. The van der Waals surface area contributed by atoms with Crippen LogP contribution in [0.1, 0.15) is 12.5 Å². The molecule has 0 atom stereocenters. The van der Waals surface area contributed by atoms with Gasteiger partial charge in [0, 0.05) is 12.1 Å². The highest BCUT2D eigenvalue weighted by molar-refractivity contribution is 7.71. The number of H-pyrrole nitrogens is 1. The Morgan fingerprint density at radius 3 is 2.70 bits per heavy atom. The van der Waals surface area contributed by atoms with E-state index in [0.717, 1.165) is 23.7 Å². The minimum absolute atomic E-state index is 0.224. The van der Waals surface area contributed by atoms with Crippen molar-refractivity contribution < 1.29 is 8.78 Å². The molecule has 1 heterocycles. The van der Waals surface area contributed by atoms with E-state index >= 15 is 0 Å². The number of imidazole rings is 1. The largest absolute Gasteiger partial charge is 0.328 e. The number of rotatable bonds is 2. The number of para-hydroxylation sites is 1. The second kappa shape index (κ2) is 4.83. The molecule has 0 radical (unpaired) electrons. The number of nitrogens with one attached hydrogen (secondary N) is 1. The predicted octanol–water partition coefficient (Wildman–Crippen LogP) is 4.53. The minimum Gasteiger partial charge on any atom is -0.328 e. The van der Waals surface area contributed by atoms with Crippen LogP contribution in [0.4, 0.5) is 8.78 Å². The van der Waals surface area contributed by atoms with Crippen LogP contribution in [0.25, 0.3) is 16.7 Å². The molecule has 20 heavy (non-hydrogen) atoms. The van der Waals surface area contributed by atoms with Crippen LogP contribution in [0.5, 0.6) is 0 Å². The molecule has 2 nitrogen and oxygen atoms in total. The van der Waals surface area contributed by atoms with Gasteiger partial charge in [0.25, 0.3) is 0 Å². The van der Waals surface area contributed by atoms with Crippen LogP contribution in [0.2, 0.25) is 0 Å². The highest BCUT2D eigenvalue weighted by Gasteiger charge is 2.13. The SMILES string of the molecule is CCc1ccccc1-n1c(=S)[nH]c2c(F)cc(F)cc21. The number of hydrogen-bond acceptors (Lipinski definition) is 1. The first-order valence-electron chi connectivity index (χ1n) is 6.30. The lowest BCUT2D eigenvalue weighted by Gasteiger charge is -2.09. The molecule has 1 N–H and O–H groups in total. The van der Waals surface area contributed by atoms with Gasteiger partial charge in [0.15, 0.2) is 10.6 Å². The lowest BCUT2D eigenvalue weighted by Crippen LogP contribution is -1.99. The Morgan fingerprint density at radius 1 is 1.20 bits per heavy atom. The molecule has 0 bridgehead atoms. The zero-order chi connectivity index (χ0) is 14.3. The molecule has 0 aliphatic rings. The van der Waals surface area contributed by atoms with Crippen LogP contribution >= 0.6 is 12.2 Å². The van der Waals surface area contributed by atoms with Gasteiger partial charge in [0.1, 0.15) is 11.3 Å². The summed E-state index contributed by atoms with van der Waals surface area (Å²) in [6.45, 7) is 2.03. The van der Waals surface area contributed by atoms with Crippen molar-refractivity contribution >= 4 is 23.3 Å². The molecular formula is C15H12F2N2S. The van der Waals surface area contributed by atoms with Crippen LogP contribution < -0.4 is 0 Å². The van der Waals surface area contributed by atoms with Crippen molar-refractivity contribution in [1.29, 1.82) is 0 Å². The Balaban J connectivity index is 2.42. The average Bonchev–Trinajstić information content (AvgIpc) is 2.75. The maximum absolute atomic E-state index is 13.8. The predicted molar refractivity (Wildman–Crippen MR) is 77.8 cm³/mol. The summed E-state index contributed by atoms with van der Waals surface area (Å²) in [4.78, 5) is 2.81. The monoisotopic (exact) mass is 290 g/mol. The highest BCUT2D eigenvalue weighted by atomic mass is 32.1. The molecule has 5 heteroatoms. The van der Waals surface area contributed by atoms with Gasteiger partial charge >= 0.3 is 0 Å². The standard InChI is InChI=1S/C15H12F2N2S/c1-2-9-5-3-4-6-12(9)19-13-8-10(16)7-11(17)14(13)18-15(19)20/h3-8H,2H2,1H3,(H,18,20). The van der Waals surface area contributed by atoms with E-state index in [0.29, 0.717) is 10.3 Å². The van der Waals surface area contributed by atoms with Crippen molar-refractivity contribution in [3.8, 4) is 5.69 Å². The zero-order valence-electron chi connectivity index (χ0n) is 10.8. The number of benzene rings is 2. The van der Waals surface area contributed by atoms with Crippen LogP contribution in [0.15, 0.2) is 36.4 Å². The summed E-state index contributed by atoms with van der Waals surface area (Å²) in [6.07, 6.45) is 0.808. The van der Waals surface area contributed by atoms with Gasteiger partial charge in [0.05, 0.1) is 11.2 Å². The summed E-state index contributed by atoms with van der Waals surface area (Å²) < 4.78 is 29.3. The molecule has 0 amide bonds. The van der Waals surface area contributed by atoms with Crippen molar-refractivity contribution in [2.24, 2.45) is 0 Å². The molecule has 3 rings (SSSR count). The maximum Gasteiger partial charge on any atom is 0.182 e. The fraction of sp³-hybridized carbons (Fsp3) is 0.133. The Morgan fingerprint density at radius 2 is 1.95 bits per heavy atom. The Kier molecular flexibility index (Phi) is 3.14. The van der Waals surface area contributed by atoms with Gasteiger partial charge in [-0.25, -0.2) is 8.78 Å². The Hall–Kier alpha value is -2.01. The first-order valence-corrected chi connectivity index (χ1v) is 6.70. The van der Waals surface area contributed by atoms with Crippen molar-refractivity contribution in [3.05, 3.63) is 58.4 Å². The van der Waals surface area contributed by atoms with Gasteiger partial charge < -0.3 is 4.98 Å². The van der Waals surface area contributed by atoms with Crippen LogP contribution in [-0.4, -0.2) is 9.55 Å². The molecular weight excluding hydrogens is 278 g/mol. The molecule has 3 aromatic rings. The van der Waals surface area contributed by atoms with E-state index in [9.17, 15) is 8.78 Å². The smallest absolute Gasteiger partial charge is 0.182 e. The van der Waals surface area contributed by atoms with Gasteiger partial charge in [-0.05, 0) is 30.3 Å². The van der Waals surface area contributed by atoms with Crippen LogP contribution in [0, 0.1) is 16.4 Å². The first-order chi connectivity index (χ1) is 9.61. The van der Waals surface area contributed by atoms with Gasteiger partial charge in [-0.15, -0.1) is 0 Å². The number of aryl methyl sites for hydroxylation is 1. The molecule has 2 aromatic carbocycles. The summed E-state index contributed by atoms with van der Waals surface area (Å²) in [5.74, 6) is -1.26. The van der Waals surface area contributed by atoms with E-state index in [1.807, 2.05) is 31.2 Å². The third-order valence-electron chi connectivity index (χ3n) is 3.32. The lowest BCUT2D eigenvalue weighted by molar-refractivity contribution is 0.590. The van der Waals surface area contributed by atoms with Crippen LogP contribution in [-0.2, 0) is 6.42 Å². The van der Waals surface area contributed by atoms with E-state index in [2.05, 4.69) is 4.98 Å². The number of aromatic nitrogens is 2. The van der Waals surface area contributed by atoms with Crippen molar-refractivity contribution in [3.63, 3.8) is 0 Å². The topological polar surface area (TPSA) is 20.7 Å². The summed E-state index contributed by atoms with van der Waals surface area (Å²) in [6, 6.07) is 9.82. The highest BCUT2D eigenvalue weighted by Crippen LogP contribution is 2.25. The van der Waals surface area contributed by atoms with Gasteiger partial charge in [-0.3, -0.25) is 4.57 Å². The van der Waals surface area contributed by atoms with E-state index < -0.39 is 11.6 Å². The van der Waals surface area contributed by atoms with Gasteiger partial charge in [0.2, 0.25) is 0 Å². The minimum atomic E-state index is -0.640. The molecule has 0 unspecified atom stereocenters. The number of hydrogen-bond donors (Lipinski definition) is 1. The first kappa shape index (κ1) is 13.0. The lowest BCUT2D eigenvalue weighted by atomic mass is 10.1. The van der Waals surface area contributed by atoms with Crippen LogP contribution in [0.3, 0.4) is 0 Å². The number of nitrogens with zero attached hydrogens (tertiary/aromatic N) is 1. The quantitative estimate of drug-likeness (QED) is 0.688. The third-order valence-corrected chi connectivity index (χ3v) is 3.61. The van der Waals surface area contributed by atoms with E-state index in [1.165, 1.54) is 6.07 Å². The Bertz CT molecular complexity index is 849. The molecule has 1 aromatic heterocycles. The zero-order valence-corrected chi connectivity index (χ0v) is 11.6. The maximum atomic E-state index is 13.8. The summed E-state index contributed by atoms with van der Waals surface area (Å²) >= 11 is 5.26. The van der Waals surface area contributed by atoms with E-state index in [-0.39, 0.29) is 5.52 Å². The van der Waals surface area contributed by atoms with E-state index in [1.54, 1.807) is 4.57 Å². The number of halogens is 2. The molecule has 0 fully saturated rings. The molecule has 0 saturated carbocycles. The summed E-state index contributed by atoms with van der Waals surface area (Å²) in [5, 5.41) is 0. The van der Waals surface area contributed by atoms with E-state index in [4.69, 9.17) is 12.2 Å². The Labute approximate surface area is 119 Å². The van der Waals surface area contributed by atoms with Crippen molar-refractivity contribution in [2.75, 3.05) is 0 Å². The normalized spacial score (nSPS) is 11.2. The number of fused-ring (bicyclic) bond motifs is 1. The molecule has 0 spiro atoms. The van der Waals surface area contributed by atoms with Gasteiger partial charge in [-0.2, -0.15) is 0 Å². The molecule has 102 valence electrons. The number of aromatic amines is 1.